The number of cyclic esters (lactones) is 1. The van der Waals surface area contributed by atoms with E-state index in [1.54, 1.807) is 18.2 Å². The molecule has 0 unspecified atom stereocenters. The number of carbonyl (C=O) groups is 2. The molecule has 0 atom stereocenters. The van der Waals surface area contributed by atoms with E-state index in [1.165, 1.54) is 7.11 Å². The summed E-state index contributed by atoms with van der Waals surface area (Å²) >= 11 is 0. The van der Waals surface area contributed by atoms with Crippen molar-refractivity contribution in [3.8, 4) is 11.5 Å². The van der Waals surface area contributed by atoms with E-state index < -0.39 is 6.09 Å². The number of ether oxygens (including phenoxy) is 2. The van der Waals surface area contributed by atoms with Gasteiger partial charge in [-0.1, -0.05) is 6.07 Å². The Bertz CT molecular complexity index is 469. The number of hydrogen-bond acceptors (Lipinski definition) is 5. The average Bonchev–Trinajstić information content (AvgIpc) is 2.67. The molecule has 6 nitrogen and oxygen atoms in total. The average molecular weight is 251 g/mol. The molecule has 0 radical (unpaired) electrons. The van der Waals surface area contributed by atoms with Crippen LogP contribution in [0.5, 0.6) is 11.5 Å². The Morgan fingerprint density at radius 3 is 2.78 bits per heavy atom. The van der Waals surface area contributed by atoms with Crippen LogP contribution in [0.4, 0.5) is 4.79 Å². The summed E-state index contributed by atoms with van der Waals surface area (Å²) in [5.74, 6) is 0.0819. The van der Waals surface area contributed by atoms with E-state index in [1.807, 2.05) is 0 Å². The van der Waals surface area contributed by atoms with Crippen LogP contribution in [0.15, 0.2) is 18.2 Å². The van der Waals surface area contributed by atoms with E-state index in [4.69, 9.17) is 4.74 Å². The van der Waals surface area contributed by atoms with Gasteiger partial charge in [0.15, 0.2) is 18.1 Å². The first-order valence-electron chi connectivity index (χ1n) is 5.45. The van der Waals surface area contributed by atoms with Crippen LogP contribution in [-0.2, 0) is 16.0 Å². The van der Waals surface area contributed by atoms with Crippen LogP contribution in [0, 0.1) is 0 Å². The zero-order valence-corrected chi connectivity index (χ0v) is 9.88. The predicted molar refractivity (Wildman–Crippen MR) is 61.4 cm³/mol. The van der Waals surface area contributed by atoms with Crippen molar-refractivity contribution in [2.75, 3.05) is 20.3 Å². The number of methoxy groups -OCH3 is 1. The third-order valence-corrected chi connectivity index (χ3v) is 2.71. The van der Waals surface area contributed by atoms with Gasteiger partial charge in [-0.25, -0.2) is 9.69 Å². The van der Waals surface area contributed by atoms with Crippen molar-refractivity contribution in [3.63, 3.8) is 0 Å². The zero-order valence-electron chi connectivity index (χ0n) is 9.88. The molecule has 1 aromatic carbocycles. The highest BCUT2D eigenvalue weighted by Gasteiger charge is 2.30. The molecule has 1 saturated heterocycles. The molecule has 0 bridgehead atoms. The van der Waals surface area contributed by atoms with Crippen LogP contribution in [0.2, 0.25) is 0 Å². The second-order valence-electron chi connectivity index (χ2n) is 3.86. The molecular formula is C12H13NO5. The van der Waals surface area contributed by atoms with E-state index in [9.17, 15) is 14.7 Å². The van der Waals surface area contributed by atoms with Gasteiger partial charge >= 0.3 is 6.09 Å². The van der Waals surface area contributed by atoms with E-state index in [0.717, 1.165) is 10.5 Å². The van der Waals surface area contributed by atoms with Crippen LogP contribution in [0.1, 0.15) is 5.56 Å². The lowest BCUT2D eigenvalue weighted by Gasteiger charge is -2.11. The zero-order chi connectivity index (χ0) is 13.1. The minimum Gasteiger partial charge on any atom is -0.504 e. The third kappa shape index (κ3) is 2.37. The van der Waals surface area contributed by atoms with Gasteiger partial charge in [-0.05, 0) is 24.1 Å². The molecule has 1 aliphatic rings. The SMILES string of the molecule is COc1ccc(CCN2C(=O)COC2=O)cc1O. The first-order valence-corrected chi connectivity index (χ1v) is 5.45. The molecule has 1 heterocycles. The third-order valence-electron chi connectivity index (χ3n) is 2.71. The molecule has 0 aliphatic carbocycles. The normalized spacial score (nSPS) is 14.8. The van der Waals surface area contributed by atoms with Crippen molar-refractivity contribution in [2.24, 2.45) is 0 Å². The number of imide groups is 1. The maximum atomic E-state index is 11.3. The first-order chi connectivity index (χ1) is 8.61. The number of nitrogens with zero attached hydrogens (tertiary/aromatic N) is 1. The summed E-state index contributed by atoms with van der Waals surface area (Å²) in [6, 6.07) is 4.95. The summed E-state index contributed by atoms with van der Waals surface area (Å²) in [5.41, 5.74) is 0.806. The summed E-state index contributed by atoms with van der Waals surface area (Å²) < 4.78 is 9.52. The van der Waals surface area contributed by atoms with Gasteiger partial charge in [0, 0.05) is 6.54 Å². The molecule has 96 valence electrons. The molecule has 2 rings (SSSR count). The van der Waals surface area contributed by atoms with Crippen molar-refractivity contribution in [1.82, 2.24) is 4.90 Å². The maximum Gasteiger partial charge on any atom is 0.417 e. The van der Waals surface area contributed by atoms with E-state index in [-0.39, 0.29) is 24.8 Å². The summed E-state index contributed by atoms with van der Waals surface area (Å²) in [6.45, 7) is 0.0517. The van der Waals surface area contributed by atoms with E-state index in [0.29, 0.717) is 12.2 Å². The van der Waals surface area contributed by atoms with Crippen LogP contribution < -0.4 is 4.74 Å². The van der Waals surface area contributed by atoms with Gasteiger partial charge in [-0.2, -0.15) is 0 Å². The fourth-order valence-electron chi connectivity index (χ4n) is 1.73. The topological polar surface area (TPSA) is 76.1 Å². The lowest BCUT2D eigenvalue weighted by atomic mass is 10.1. The summed E-state index contributed by atoms with van der Waals surface area (Å²) in [6.07, 6.45) is -0.156. The van der Waals surface area contributed by atoms with Crippen LogP contribution in [-0.4, -0.2) is 42.3 Å². The molecule has 2 amide bonds. The standard InChI is InChI=1S/C12H13NO5/c1-17-10-3-2-8(6-9(10)14)4-5-13-11(15)7-18-12(13)16/h2-3,6,14H,4-5,7H2,1H3. The number of benzene rings is 1. The minimum atomic E-state index is -0.613. The maximum absolute atomic E-state index is 11.3. The van der Waals surface area contributed by atoms with Crippen molar-refractivity contribution < 1.29 is 24.2 Å². The molecule has 1 aliphatic heterocycles. The van der Waals surface area contributed by atoms with Crippen LogP contribution in [0.25, 0.3) is 0 Å². The van der Waals surface area contributed by atoms with E-state index >= 15 is 0 Å². The number of carbonyl (C=O) groups excluding carboxylic acids is 2. The predicted octanol–water partition coefficient (Wildman–Crippen LogP) is 0.922. The van der Waals surface area contributed by atoms with Gasteiger partial charge in [0.05, 0.1) is 7.11 Å². The monoisotopic (exact) mass is 251 g/mol. The lowest BCUT2D eigenvalue weighted by molar-refractivity contribution is -0.125. The molecule has 0 aromatic heterocycles. The highest BCUT2D eigenvalue weighted by molar-refractivity contribution is 5.97. The molecule has 18 heavy (non-hydrogen) atoms. The Morgan fingerprint density at radius 2 is 2.22 bits per heavy atom. The Morgan fingerprint density at radius 1 is 1.44 bits per heavy atom. The second-order valence-corrected chi connectivity index (χ2v) is 3.86. The molecule has 0 saturated carbocycles. The number of aromatic hydroxyl groups is 1. The Balaban J connectivity index is 2.00. The quantitative estimate of drug-likeness (QED) is 0.861. The first kappa shape index (κ1) is 12.2. The Kier molecular flexibility index (Phi) is 3.36. The highest BCUT2D eigenvalue weighted by atomic mass is 16.6. The molecule has 1 aromatic rings. The number of phenols is 1. The summed E-state index contributed by atoms with van der Waals surface area (Å²) in [5, 5.41) is 9.59. The van der Waals surface area contributed by atoms with Gasteiger partial charge < -0.3 is 14.6 Å². The van der Waals surface area contributed by atoms with Crippen molar-refractivity contribution in [3.05, 3.63) is 23.8 Å². The molecule has 0 spiro atoms. The van der Waals surface area contributed by atoms with Crippen LogP contribution in [0.3, 0.4) is 0 Å². The highest BCUT2D eigenvalue weighted by Crippen LogP contribution is 2.26. The summed E-state index contributed by atoms with van der Waals surface area (Å²) in [7, 11) is 1.47. The molecular weight excluding hydrogens is 238 g/mol. The summed E-state index contributed by atoms with van der Waals surface area (Å²) in [4.78, 5) is 23.5. The van der Waals surface area contributed by atoms with Crippen LogP contribution >= 0.6 is 0 Å². The number of rotatable bonds is 4. The van der Waals surface area contributed by atoms with Gasteiger partial charge in [-0.3, -0.25) is 4.79 Å². The number of amides is 2. The lowest BCUT2D eigenvalue weighted by Crippen LogP contribution is -2.31. The molecule has 1 N–H and O–H groups in total. The van der Waals surface area contributed by atoms with Gasteiger partial charge in [0.2, 0.25) is 0 Å². The van der Waals surface area contributed by atoms with E-state index in [2.05, 4.69) is 4.74 Å². The fourth-order valence-corrected chi connectivity index (χ4v) is 1.73. The largest absolute Gasteiger partial charge is 0.504 e. The Hall–Kier alpha value is -2.24. The fraction of sp³-hybridized carbons (Fsp3) is 0.333. The Labute approximate surface area is 104 Å². The van der Waals surface area contributed by atoms with Gasteiger partial charge in [0.1, 0.15) is 0 Å². The van der Waals surface area contributed by atoms with Gasteiger partial charge in [0.25, 0.3) is 5.91 Å². The smallest absolute Gasteiger partial charge is 0.417 e. The van der Waals surface area contributed by atoms with Gasteiger partial charge in [-0.15, -0.1) is 0 Å². The number of phenolic OH excluding ortho intramolecular Hbond substituents is 1. The minimum absolute atomic E-state index is 0.0327. The molecule has 6 heteroatoms. The van der Waals surface area contributed by atoms with Crippen molar-refractivity contribution >= 4 is 12.0 Å². The number of hydrogen-bond donors (Lipinski definition) is 1. The van der Waals surface area contributed by atoms with Crippen molar-refractivity contribution in [1.29, 1.82) is 0 Å². The molecule has 1 fully saturated rings. The second kappa shape index (κ2) is 4.95. The van der Waals surface area contributed by atoms with Crippen molar-refractivity contribution in [2.45, 2.75) is 6.42 Å².